The van der Waals surface area contributed by atoms with Crippen molar-refractivity contribution >= 4 is 6.09 Å². The maximum atomic E-state index is 11.1. The molecule has 4 heteroatoms. The highest BCUT2D eigenvalue weighted by molar-refractivity contribution is 5.67. The minimum atomic E-state index is -0.892. The quantitative estimate of drug-likeness (QED) is 0.661. The van der Waals surface area contributed by atoms with Crippen LogP contribution >= 0.6 is 0 Å². The Balaban J connectivity index is 2.36. The summed E-state index contributed by atoms with van der Waals surface area (Å²) in [5, 5.41) is 18.3. The molecule has 1 unspecified atom stereocenters. The summed E-state index contributed by atoms with van der Waals surface area (Å²) in [4.78, 5) is 12.6. The second-order valence-electron chi connectivity index (χ2n) is 5.76. The first-order chi connectivity index (χ1) is 6.83. The van der Waals surface area contributed by atoms with E-state index in [9.17, 15) is 10.1 Å². The van der Waals surface area contributed by atoms with Crippen LogP contribution in [0.5, 0.6) is 0 Å². The Kier molecular flexibility index (Phi) is 1.82. The Morgan fingerprint density at radius 1 is 1.60 bits per heavy atom. The van der Waals surface area contributed by atoms with Gasteiger partial charge in [-0.3, -0.25) is 0 Å². The molecule has 1 heterocycles. The molecule has 1 aliphatic carbocycles. The average Bonchev–Trinajstić information content (AvgIpc) is 2.69. The summed E-state index contributed by atoms with van der Waals surface area (Å²) in [5.41, 5.74) is -0.560. The topological polar surface area (TPSA) is 64.3 Å². The fourth-order valence-corrected chi connectivity index (χ4v) is 3.16. The van der Waals surface area contributed by atoms with Crippen molar-refractivity contribution in [2.45, 2.75) is 33.2 Å². The lowest BCUT2D eigenvalue weighted by Gasteiger charge is -2.37. The third-order valence-corrected chi connectivity index (χ3v) is 3.64. The highest BCUT2D eigenvalue weighted by atomic mass is 16.4. The number of piperidine rings is 1. The molecule has 2 fully saturated rings. The number of amides is 1. The lowest BCUT2D eigenvalue weighted by atomic mass is 9.77. The summed E-state index contributed by atoms with van der Waals surface area (Å²) in [5.74, 6) is 0.267. The molecule has 1 aliphatic heterocycles. The summed E-state index contributed by atoms with van der Waals surface area (Å²) in [6.45, 7) is 6.55. The lowest BCUT2D eigenvalue weighted by molar-refractivity contribution is 0.0820. The van der Waals surface area contributed by atoms with E-state index in [-0.39, 0.29) is 17.4 Å². The van der Waals surface area contributed by atoms with Crippen LogP contribution in [-0.4, -0.2) is 28.7 Å². The highest BCUT2D eigenvalue weighted by Gasteiger charge is 2.70. The predicted octanol–water partition coefficient (Wildman–Crippen LogP) is 1.92. The van der Waals surface area contributed by atoms with Crippen molar-refractivity contribution in [3.63, 3.8) is 0 Å². The standard InChI is InChI=1S/C11H16N2O2/c1-10(2,3)8-11(6-12)4-7(11)5-13(8)9(14)15/h7-8H,4-5H2,1-3H3,(H,14,15)/t7-,8?,11+/m0/s1. The fraction of sp³-hybridized carbons (Fsp3) is 0.818. The number of nitriles is 1. The molecule has 0 aromatic heterocycles. The van der Waals surface area contributed by atoms with Gasteiger partial charge in [0, 0.05) is 6.54 Å². The monoisotopic (exact) mass is 208 g/mol. The first-order valence-corrected chi connectivity index (χ1v) is 5.24. The summed E-state index contributed by atoms with van der Waals surface area (Å²) < 4.78 is 0. The molecule has 3 atom stereocenters. The van der Waals surface area contributed by atoms with Crippen LogP contribution in [0.2, 0.25) is 0 Å². The Hall–Kier alpha value is -1.24. The van der Waals surface area contributed by atoms with E-state index < -0.39 is 11.5 Å². The van der Waals surface area contributed by atoms with E-state index >= 15 is 0 Å². The van der Waals surface area contributed by atoms with Crippen LogP contribution in [-0.2, 0) is 0 Å². The normalized spacial score (nSPS) is 38.4. The van der Waals surface area contributed by atoms with Gasteiger partial charge >= 0.3 is 6.09 Å². The lowest BCUT2D eigenvalue weighted by Crippen LogP contribution is -2.48. The average molecular weight is 208 g/mol. The molecule has 1 saturated heterocycles. The van der Waals surface area contributed by atoms with Crippen molar-refractivity contribution in [3.8, 4) is 6.07 Å². The van der Waals surface area contributed by atoms with Gasteiger partial charge in [0.25, 0.3) is 0 Å². The SMILES string of the molecule is CC(C)(C)C1N(C(=O)O)C[C@@H]2C[C@]12C#N. The zero-order valence-corrected chi connectivity index (χ0v) is 9.32. The van der Waals surface area contributed by atoms with E-state index in [4.69, 9.17) is 5.11 Å². The molecular weight excluding hydrogens is 192 g/mol. The minimum absolute atomic E-state index is 0.155. The third kappa shape index (κ3) is 1.22. The van der Waals surface area contributed by atoms with Gasteiger partial charge in [-0.2, -0.15) is 5.26 Å². The maximum absolute atomic E-state index is 11.1. The van der Waals surface area contributed by atoms with Crippen molar-refractivity contribution in [2.24, 2.45) is 16.7 Å². The van der Waals surface area contributed by atoms with Crippen molar-refractivity contribution < 1.29 is 9.90 Å². The summed E-state index contributed by atoms with van der Waals surface area (Å²) in [7, 11) is 0. The Morgan fingerprint density at radius 2 is 2.20 bits per heavy atom. The van der Waals surface area contributed by atoms with Crippen LogP contribution in [0.15, 0.2) is 0 Å². The number of nitrogens with zero attached hydrogens (tertiary/aromatic N) is 2. The fourth-order valence-electron chi connectivity index (χ4n) is 3.16. The predicted molar refractivity (Wildman–Crippen MR) is 54.1 cm³/mol. The zero-order valence-electron chi connectivity index (χ0n) is 9.32. The minimum Gasteiger partial charge on any atom is -0.465 e. The van der Waals surface area contributed by atoms with Gasteiger partial charge in [0.15, 0.2) is 0 Å². The van der Waals surface area contributed by atoms with E-state index in [1.165, 1.54) is 4.90 Å². The smallest absolute Gasteiger partial charge is 0.407 e. The number of carboxylic acid groups (broad SMARTS) is 1. The Bertz CT molecular complexity index is 353. The summed E-state index contributed by atoms with van der Waals surface area (Å²) in [6, 6.07) is 2.20. The molecule has 1 amide bonds. The Labute approximate surface area is 89.5 Å². The number of rotatable bonds is 0. The van der Waals surface area contributed by atoms with Gasteiger partial charge in [-0.05, 0) is 17.8 Å². The first kappa shape index (κ1) is 10.3. The van der Waals surface area contributed by atoms with Gasteiger partial charge in [0.2, 0.25) is 0 Å². The molecular formula is C11H16N2O2. The van der Waals surface area contributed by atoms with E-state index in [2.05, 4.69) is 6.07 Å². The van der Waals surface area contributed by atoms with Crippen molar-refractivity contribution in [1.82, 2.24) is 4.90 Å². The zero-order chi connectivity index (χ0) is 11.4. The molecule has 1 N–H and O–H groups in total. The molecule has 0 aromatic carbocycles. The first-order valence-electron chi connectivity index (χ1n) is 5.24. The summed E-state index contributed by atoms with van der Waals surface area (Å²) in [6.07, 6.45) is -0.0216. The van der Waals surface area contributed by atoms with E-state index in [1.807, 2.05) is 20.8 Å². The molecule has 2 aliphatic rings. The molecule has 2 rings (SSSR count). The number of likely N-dealkylation sites (tertiary alicyclic amines) is 1. The maximum Gasteiger partial charge on any atom is 0.407 e. The van der Waals surface area contributed by atoms with Crippen molar-refractivity contribution in [3.05, 3.63) is 0 Å². The van der Waals surface area contributed by atoms with E-state index in [0.29, 0.717) is 6.54 Å². The van der Waals surface area contributed by atoms with Crippen molar-refractivity contribution in [1.29, 1.82) is 5.26 Å². The van der Waals surface area contributed by atoms with E-state index in [0.717, 1.165) is 6.42 Å². The highest BCUT2D eigenvalue weighted by Crippen LogP contribution is 2.64. The number of hydrogen-bond donors (Lipinski definition) is 1. The Morgan fingerprint density at radius 3 is 2.60 bits per heavy atom. The van der Waals surface area contributed by atoms with Crippen molar-refractivity contribution in [2.75, 3.05) is 6.54 Å². The van der Waals surface area contributed by atoms with Crippen LogP contribution < -0.4 is 0 Å². The summed E-state index contributed by atoms with van der Waals surface area (Å²) >= 11 is 0. The van der Waals surface area contributed by atoms with Crippen LogP contribution in [0.1, 0.15) is 27.2 Å². The second kappa shape index (κ2) is 2.66. The van der Waals surface area contributed by atoms with Gasteiger partial charge in [0.05, 0.1) is 17.5 Å². The van der Waals surface area contributed by atoms with E-state index in [1.54, 1.807) is 0 Å². The van der Waals surface area contributed by atoms with Gasteiger partial charge in [-0.15, -0.1) is 0 Å². The molecule has 0 bridgehead atoms. The number of fused-ring (bicyclic) bond motifs is 1. The van der Waals surface area contributed by atoms with Gasteiger partial charge in [-0.25, -0.2) is 4.79 Å². The van der Waals surface area contributed by atoms with Crippen LogP contribution in [0.25, 0.3) is 0 Å². The van der Waals surface area contributed by atoms with Crippen LogP contribution in [0.3, 0.4) is 0 Å². The van der Waals surface area contributed by atoms with Crippen LogP contribution in [0, 0.1) is 28.1 Å². The molecule has 82 valence electrons. The molecule has 15 heavy (non-hydrogen) atoms. The molecule has 0 radical (unpaired) electrons. The van der Waals surface area contributed by atoms with Gasteiger partial charge in [-0.1, -0.05) is 20.8 Å². The molecule has 0 spiro atoms. The molecule has 1 saturated carbocycles. The van der Waals surface area contributed by atoms with Gasteiger partial charge in [0.1, 0.15) is 0 Å². The number of hydrogen-bond acceptors (Lipinski definition) is 2. The second-order valence-corrected chi connectivity index (χ2v) is 5.76. The molecule has 4 nitrogen and oxygen atoms in total. The third-order valence-electron chi connectivity index (χ3n) is 3.64. The van der Waals surface area contributed by atoms with Crippen LogP contribution in [0.4, 0.5) is 4.79 Å². The largest absolute Gasteiger partial charge is 0.465 e. The number of carbonyl (C=O) groups is 1. The molecule has 0 aromatic rings. The van der Waals surface area contributed by atoms with Gasteiger partial charge < -0.3 is 10.0 Å².